The van der Waals surface area contributed by atoms with Gasteiger partial charge in [-0.25, -0.2) is 0 Å². The Morgan fingerprint density at radius 2 is 1.76 bits per heavy atom. The summed E-state index contributed by atoms with van der Waals surface area (Å²) in [5, 5.41) is 11.1. The van der Waals surface area contributed by atoms with E-state index < -0.39 is 0 Å². The van der Waals surface area contributed by atoms with Gasteiger partial charge in [0.15, 0.2) is 0 Å². The standard InChI is InChI=1S/C18H32O3/c1-2-20-18(11-4-3-5-12-18)16(19)15-8-13-21-17(14-15)9-6-7-10-17/h15-16,19H,2-14H2,1H3. The highest BCUT2D eigenvalue weighted by atomic mass is 16.5. The first-order valence-corrected chi connectivity index (χ1v) is 9.16. The highest BCUT2D eigenvalue weighted by molar-refractivity contribution is 4.99. The lowest BCUT2D eigenvalue weighted by Crippen LogP contribution is -2.53. The van der Waals surface area contributed by atoms with Gasteiger partial charge in [-0.15, -0.1) is 0 Å². The Balaban J connectivity index is 1.71. The van der Waals surface area contributed by atoms with Gasteiger partial charge in [-0.1, -0.05) is 32.1 Å². The van der Waals surface area contributed by atoms with E-state index in [2.05, 4.69) is 6.92 Å². The van der Waals surface area contributed by atoms with Crippen molar-refractivity contribution in [1.82, 2.24) is 0 Å². The zero-order valence-corrected chi connectivity index (χ0v) is 13.6. The molecule has 3 heteroatoms. The van der Waals surface area contributed by atoms with Gasteiger partial charge >= 0.3 is 0 Å². The van der Waals surface area contributed by atoms with E-state index in [4.69, 9.17) is 9.47 Å². The largest absolute Gasteiger partial charge is 0.390 e. The highest BCUT2D eigenvalue weighted by Crippen LogP contribution is 2.46. The molecule has 2 aliphatic carbocycles. The summed E-state index contributed by atoms with van der Waals surface area (Å²) < 4.78 is 12.3. The van der Waals surface area contributed by atoms with E-state index in [0.717, 1.165) is 32.3 Å². The predicted molar refractivity (Wildman–Crippen MR) is 83.3 cm³/mol. The van der Waals surface area contributed by atoms with Crippen LogP contribution < -0.4 is 0 Å². The van der Waals surface area contributed by atoms with Gasteiger partial charge in [-0.3, -0.25) is 0 Å². The Morgan fingerprint density at radius 1 is 1.10 bits per heavy atom. The molecule has 1 saturated heterocycles. The van der Waals surface area contributed by atoms with Crippen LogP contribution in [0.25, 0.3) is 0 Å². The van der Waals surface area contributed by atoms with Gasteiger partial charge in [0.05, 0.1) is 17.3 Å². The Hall–Kier alpha value is -0.120. The fraction of sp³-hybridized carbons (Fsp3) is 1.00. The molecule has 0 amide bonds. The van der Waals surface area contributed by atoms with Crippen LogP contribution in [0.15, 0.2) is 0 Å². The molecule has 0 aromatic carbocycles. The summed E-state index contributed by atoms with van der Waals surface area (Å²) in [4.78, 5) is 0. The molecule has 1 spiro atoms. The van der Waals surface area contributed by atoms with Crippen LogP contribution in [0, 0.1) is 5.92 Å². The maximum absolute atomic E-state index is 11.1. The summed E-state index contributed by atoms with van der Waals surface area (Å²) in [6.45, 7) is 3.60. The Labute approximate surface area is 129 Å². The second-order valence-corrected chi connectivity index (χ2v) is 7.49. The van der Waals surface area contributed by atoms with Gasteiger partial charge < -0.3 is 14.6 Å². The third-order valence-electron chi connectivity index (χ3n) is 6.16. The maximum Gasteiger partial charge on any atom is 0.0942 e. The number of rotatable bonds is 4. The van der Waals surface area contributed by atoms with Crippen molar-refractivity contribution in [2.45, 2.75) is 94.9 Å². The zero-order chi connectivity index (χ0) is 14.8. The number of hydrogen-bond acceptors (Lipinski definition) is 3. The summed E-state index contributed by atoms with van der Waals surface area (Å²) in [5.41, 5.74) is -0.180. The topological polar surface area (TPSA) is 38.7 Å². The van der Waals surface area contributed by atoms with E-state index in [1.807, 2.05) is 0 Å². The molecule has 122 valence electrons. The summed E-state index contributed by atoms with van der Waals surface area (Å²) in [5.74, 6) is 0.362. The lowest BCUT2D eigenvalue weighted by atomic mass is 9.71. The van der Waals surface area contributed by atoms with E-state index in [9.17, 15) is 5.11 Å². The minimum Gasteiger partial charge on any atom is -0.390 e. The van der Waals surface area contributed by atoms with E-state index in [1.54, 1.807) is 0 Å². The zero-order valence-electron chi connectivity index (χ0n) is 13.6. The summed E-state index contributed by atoms with van der Waals surface area (Å²) in [7, 11) is 0. The van der Waals surface area contributed by atoms with E-state index in [1.165, 1.54) is 44.9 Å². The second-order valence-electron chi connectivity index (χ2n) is 7.49. The van der Waals surface area contributed by atoms with E-state index >= 15 is 0 Å². The molecule has 1 N–H and O–H groups in total. The van der Waals surface area contributed by atoms with Crippen LogP contribution in [0.4, 0.5) is 0 Å². The third-order valence-corrected chi connectivity index (χ3v) is 6.16. The van der Waals surface area contributed by atoms with Crippen LogP contribution in [-0.2, 0) is 9.47 Å². The molecule has 3 fully saturated rings. The van der Waals surface area contributed by atoms with Crippen molar-refractivity contribution >= 4 is 0 Å². The first-order valence-electron chi connectivity index (χ1n) is 9.16. The molecule has 3 rings (SSSR count). The van der Waals surface area contributed by atoms with Crippen LogP contribution in [-0.4, -0.2) is 35.6 Å². The molecule has 3 aliphatic rings. The molecule has 0 radical (unpaired) electrons. The van der Waals surface area contributed by atoms with Crippen molar-refractivity contribution in [3.63, 3.8) is 0 Å². The quantitative estimate of drug-likeness (QED) is 0.857. The normalized spacial score (nSPS) is 33.1. The molecule has 0 bridgehead atoms. The second kappa shape index (κ2) is 6.55. The van der Waals surface area contributed by atoms with Gasteiger partial charge in [0.25, 0.3) is 0 Å². The lowest BCUT2D eigenvalue weighted by molar-refractivity contribution is -0.185. The number of ether oxygens (including phenoxy) is 2. The molecule has 0 aromatic rings. The molecule has 1 heterocycles. The molecule has 2 unspecified atom stereocenters. The Kier molecular flexibility index (Phi) is 4.92. The Morgan fingerprint density at radius 3 is 2.43 bits per heavy atom. The van der Waals surface area contributed by atoms with Crippen molar-refractivity contribution < 1.29 is 14.6 Å². The van der Waals surface area contributed by atoms with Gasteiger partial charge in [-0.2, -0.15) is 0 Å². The number of aliphatic hydroxyl groups excluding tert-OH is 1. The van der Waals surface area contributed by atoms with Crippen LogP contribution in [0.3, 0.4) is 0 Å². The van der Waals surface area contributed by atoms with Gasteiger partial charge in [0, 0.05) is 13.2 Å². The molecule has 21 heavy (non-hydrogen) atoms. The smallest absolute Gasteiger partial charge is 0.0942 e. The molecule has 3 nitrogen and oxygen atoms in total. The average molecular weight is 296 g/mol. The fourth-order valence-electron chi connectivity index (χ4n) is 5.10. The summed E-state index contributed by atoms with van der Waals surface area (Å²) in [6.07, 6.45) is 12.5. The van der Waals surface area contributed by atoms with Gasteiger partial charge in [0.2, 0.25) is 0 Å². The van der Waals surface area contributed by atoms with E-state index in [0.29, 0.717) is 12.5 Å². The molecule has 0 aromatic heterocycles. The number of aliphatic hydroxyl groups is 1. The molecular formula is C18H32O3. The molecule has 2 saturated carbocycles. The fourth-order valence-corrected chi connectivity index (χ4v) is 5.10. The van der Waals surface area contributed by atoms with Gasteiger partial charge in [-0.05, 0) is 51.4 Å². The van der Waals surface area contributed by atoms with Crippen molar-refractivity contribution in [1.29, 1.82) is 0 Å². The molecule has 1 aliphatic heterocycles. The van der Waals surface area contributed by atoms with Crippen LogP contribution in [0.2, 0.25) is 0 Å². The monoisotopic (exact) mass is 296 g/mol. The summed E-state index contributed by atoms with van der Waals surface area (Å²) in [6, 6.07) is 0. The van der Waals surface area contributed by atoms with Gasteiger partial charge in [0.1, 0.15) is 0 Å². The van der Waals surface area contributed by atoms with Crippen molar-refractivity contribution in [3.05, 3.63) is 0 Å². The highest BCUT2D eigenvalue weighted by Gasteiger charge is 2.48. The van der Waals surface area contributed by atoms with Crippen molar-refractivity contribution in [2.75, 3.05) is 13.2 Å². The minimum atomic E-state index is -0.306. The van der Waals surface area contributed by atoms with Crippen molar-refractivity contribution in [3.8, 4) is 0 Å². The average Bonchev–Trinajstić information content (AvgIpc) is 2.95. The van der Waals surface area contributed by atoms with Crippen LogP contribution in [0.1, 0.15) is 77.6 Å². The molecule has 2 atom stereocenters. The van der Waals surface area contributed by atoms with Crippen LogP contribution >= 0.6 is 0 Å². The SMILES string of the molecule is CCOC1(C(O)C2CCOC3(CCCC3)C2)CCCCC1. The minimum absolute atomic E-state index is 0.0893. The third kappa shape index (κ3) is 3.16. The van der Waals surface area contributed by atoms with Crippen molar-refractivity contribution in [2.24, 2.45) is 5.92 Å². The Bertz CT molecular complexity index is 324. The first-order chi connectivity index (χ1) is 10.2. The van der Waals surface area contributed by atoms with Crippen LogP contribution in [0.5, 0.6) is 0 Å². The maximum atomic E-state index is 11.1. The summed E-state index contributed by atoms with van der Waals surface area (Å²) >= 11 is 0. The molecular weight excluding hydrogens is 264 g/mol. The predicted octanol–water partition coefficient (Wildman–Crippen LogP) is 3.83. The lowest BCUT2D eigenvalue weighted by Gasteiger charge is -2.47. The van der Waals surface area contributed by atoms with E-state index in [-0.39, 0.29) is 17.3 Å². The first kappa shape index (κ1) is 15.8. The number of hydrogen-bond donors (Lipinski definition) is 1.